The number of hydrogen-bond donors (Lipinski definition) is 0. The summed E-state index contributed by atoms with van der Waals surface area (Å²) in [6.07, 6.45) is 1.30. The molecule has 2 aliphatic heterocycles. The van der Waals surface area contributed by atoms with Crippen molar-refractivity contribution in [3.05, 3.63) is 77.9 Å². The van der Waals surface area contributed by atoms with E-state index in [0.717, 1.165) is 41.7 Å². The smallest absolute Gasteiger partial charge is 0.327 e. The van der Waals surface area contributed by atoms with E-state index in [2.05, 4.69) is 35.2 Å². The summed E-state index contributed by atoms with van der Waals surface area (Å²) in [4.78, 5) is 32.1. The molecule has 0 radical (unpaired) electrons. The van der Waals surface area contributed by atoms with Gasteiger partial charge in [-0.15, -0.1) is 0 Å². The molecular weight excluding hydrogens is 414 g/mol. The summed E-state index contributed by atoms with van der Waals surface area (Å²) < 4.78 is 5.24. The number of carbonyl (C=O) groups excluding carboxylic acids is 2. The van der Waals surface area contributed by atoms with Crippen LogP contribution in [0.3, 0.4) is 0 Å². The quantitative estimate of drug-likeness (QED) is 0.553. The minimum atomic E-state index is -0.732. The normalized spacial score (nSPS) is 18.5. The van der Waals surface area contributed by atoms with Gasteiger partial charge in [0.2, 0.25) is 0 Å². The maximum Gasteiger partial charge on any atom is 0.327 e. The average Bonchev–Trinajstić information content (AvgIpc) is 3.02. The number of amides is 3. The van der Waals surface area contributed by atoms with Gasteiger partial charge in [-0.05, 0) is 52.9 Å². The number of piperidine rings is 1. The molecule has 6 nitrogen and oxygen atoms in total. The van der Waals surface area contributed by atoms with Gasteiger partial charge < -0.3 is 9.64 Å². The van der Waals surface area contributed by atoms with Crippen LogP contribution in [0, 0.1) is 0 Å². The van der Waals surface area contributed by atoms with Crippen LogP contribution in [0.1, 0.15) is 24.0 Å². The lowest BCUT2D eigenvalue weighted by molar-refractivity contribution is -0.135. The van der Waals surface area contributed by atoms with Gasteiger partial charge >= 0.3 is 6.03 Å². The predicted octanol–water partition coefficient (Wildman–Crippen LogP) is 4.28. The zero-order chi connectivity index (χ0) is 23.0. The number of rotatable bonds is 5. The predicted molar refractivity (Wildman–Crippen MR) is 128 cm³/mol. The number of likely N-dealkylation sites (tertiary alicyclic amines) is 1. The number of methoxy groups -OCH3 is 1. The molecule has 170 valence electrons. The van der Waals surface area contributed by atoms with Gasteiger partial charge in [0.25, 0.3) is 5.91 Å². The Labute approximate surface area is 194 Å². The molecule has 3 aromatic rings. The van der Waals surface area contributed by atoms with Gasteiger partial charge in [-0.25, -0.2) is 4.79 Å². The first-order valence-electron chi connectivity index (χ1n) is 11.4. The standard InChI is InChI=1S/C27H29N3O3/c1-28-26(32)30(19-21-7-10-22-5-3-4-6-23(22)17-21)25(31)27(28)13-15-29(16-14-27)18-20-8-11-24(33-2)12-9-20/h3-12,17H,13-16,18-19H2,1-2H3. The molecule has 0 bridgehead atoms. The molecule has 33 heavy (non-hydrogen) atoms. The number of ether oxygens (including phenoxy) is 1. The number of urea groups is 1. The number of fused-ring (bicyclic) bond motifs is 1. The van der Waals surface area contributed by atoms with Crippen LogP contribution >= 0.6 is 0 Å². The number of benzene rings is 3. The Balaban J connectivity index is 1.27. The van der Waals surface area contributed by atoms with Crippen molar-refractivity contribution in [3.8, 4) is 5.75 Å². The summed E-state index contributed by atoms with van der Waals surface area (Å²) in [5, 5.41) is 2.27. The number of hydrogen-bond acceptors (Lipinski definition) is 4. The number of nitrogens with zero attached hydrogens (tertiary/aromatic N) is 3. The van der Waals surface area contributed by atoms with Crippen LogP contribution < -0.4 is 4.74 Å². The third kappa shape index (κ3) is 3.85. The molecule has 1 spiro atoms. The summed E-state index contributed by atoms with van der Waals surface area (Å²) in [6.45, 7) is 2.69. The van der Waals surface area contributed by atoms with E-state index in [4.69, 9.17) is 4.74 Å². The summed E-state index contributed by atoms with van der Waals surface area (Å²) in [7, 11) is 3.44. The third-order valence-electron chi connectivity index (χ3n) is 7.21. The highest BCUT2D eigenvalue weighted by atomic mass is 16.5. The first kappa shape index (κ1) is 21.5. The molecule has 2 heterocycles. The van der Waals surface area contributed by atoms with Crippen LogP contribution in [0.25, 0.3) is 10.8 Å². The van der Waals surface area contributed by atoms with E-state index in [9.17, 15) is 9.59 Å². The molecule has 6 heteroatoms. The van der Waals surface area contributed by atoms with Crippen molar-refractivity contribution in [2.24, 2.45) is 0 Å². The van der Waals surface area contributed by atoms with Crippen LogP contribution in [0.15, 0.2) is 66.7 Å². The van der Waals surface area contributed by atoms with E-state index < -0.39 is 5.54 Å². The molecule has 0 unspecified atom stereocenters. The Morgan fingerprint density at radius 2 is 1.52 bits per heavy atom. The van der Waals surface area contributed by atoms with Gasteiger partial charge in [-0.3, -0.25) is 14.6 Å². The van der Waals surface area contributed by atoms with Gasteiger partial charge in [-0.2, -0.15) is 0 Å². The Hall–Kier alpha value is -3.38. The molecule has 5 rings (SSSR count). The molecule has 2 fully saturated rings. The van der Waals surface area contributed by atoms with Crippen molar-refractivity contribution in [1.82, 2.24) is 14.7 Å². The molecule has 0 saturated carbocycles. The highest BCUT2D eigenvalue weighted by molar-refractivity contribution is 6.07. The fourth-order valence-corrected chi connectivity index (χ4v) is 5.12. The van der Waals surface area contributed by atoms with Crippen molar-refractivity contribution < 1.29 is 14.3 Å². The first-order valence-corrected chi connectivity index (χ1v) is 11.4. The van der Waals surface area contributed by atoms with Gasteiger partial charge in [0.05, 0.1) is 13.7 Å². The van der Waals surface area contributed by atoms with E-state index in [0.29, 0.717) is 19.4 Å². The maximum absolute atomic E-state index is 13.5. The topological polar surface area (TPSA) is 53.1 Å². The van der Waals surface area contributed by atoms with Gasteiger partial charge in [-0.1, -0.05) is 48.5 Å². The zero-order valence-corrected chi connectivity index (χ0v) is 19.2. The van der Waals surface area contributed by atoms with Gasteiger partial charge in [0, 0.05) is 26.7 Å². The zero-order valence-electron chi connectivity index (χ0n) is 19.2. The summed E-state index contributed by atoms with van der Waals surface area (Å²) in [5.41, 5.74) is 1.45. The van der Waals surface area contributed by atoms with Crippen molar-refractivity contribution in [2.45, 2.75) is 31.5 Å². The Bertz CT molecular complexity index is 1180. The molecule has 0 N–H and O–H groups in total. The van der Waals surface area contributed by atoms with E-state index in [1.54, 1.807) is 19.1 Å². The molecule has 2 saturated heterocycles. The second kappa shape index (κ2) is 8.52. The number of imide groups is 1. The fourth-order valence-electron chi connectivity index (χ4n) is 5.12. The molecule has 0 aromatic heterocycles. The second-order valence-corrected chi connectivity index (χ2v) is 9.07. The SMILES string of the molecule is COc1ccc(CN2CCC3(CC2)C(=O)N(Cc2ccc4ccccc4c2)C(=O)N3C)cc1. The van der Waals surface area contributed by atoms with Crippen molar-refractivity contribution in [2.75, 3.05) is 27.2 Å². The largest absolute Gasteiger partial charge is 0.497 e. The lowest BCUT2D eigenvalue weighted by Crippen LogP contribution is -2.55. The van der Waals surface area contributed by atoms with Crippen LogP contribution in [0.5, 0.6) is 5.75 Å². The van der Waals surface area contributed by atoms with E-state index >= 15 is 0 Å². The fraction of sp³-hybridized carbons (Fsp3) is 0.333. The first-order chi connectivity index (χ1) is 16.0. The number of likely N-dealkylation sites (N-methyl/N-ethyl adjacent to an activating group) is 1. The van der Waals surface area contributed by atoms with Gasteiger partial charge in [0.1, 0.15) is 11.3 Å². The highest BCUT2D eigenvalue weighted by Gasteiger charge is 2.56. The summed E-state index contributed by atoms with van der Waals surface area (Å²) >= 11 is 0. The Morgan fingerprint density at radius 3 is 2.21 bits per heavy atom. The summed E-state index contributed by atoms with van der Waals surface area (Å²) in [6, 6.07) is 22.1. The Morgan fingerprint density at radius 1 is 0.848 bits per heavy atom. The van der Waals surface area contributed by atoms with Crippen LogP contribution in [0.2, 0.25) is 0 Å². The molecule has 0 atom stereocenters. The molecule has 0 aliphatic carbocycles. The van der Waals surface area contributed by atoms with E-state index in [1.165, 1.54) is 10.5 Å². The van der Waals surface area contributed by atoms with Crippen LogP contribution in [0.4, 0.5) is 4.79 Å². The molecule has 2 aliphatic rings. The summed E-state index contributed by atoms with van der Waals surface area (Å²) in [5.74, 6) is 0.784. The van der Waals surface area contributed by atoms with E-state index in [-0.39, 0.29) is 11.9 Å². The maximum atomic E-state index is 13.5. The second-order valence-electron chi connectivity index (χ2n) is 9.07. The van der Waals surface area contributed by atoms with Crippen molar-refractivity contribution in [1.29, 1.82) is 0 Å². The monoisotopic (exact) mass is 443 g/mol. The average molecular weight is 444 g/mol. The molecular formula is C27H29N3O3. The van der Waals surface area contributed by atoms with E-state index in [1.807, 2.05) is 36.4 Å². The van der Waals surface area contributed by atoms with Crippen molar-refractivity contribution in [3.63, 3.8) is 0 Å². The van der Waals surface area contributed by atoms with Crippen LogP contribution in [-0.4, -0.2) is 59.4 Å². The molecule has 3 amide bonds. The molecule has 3 aromatic carbocycles. The number of carbonyl (C=O) groups is 2. The third-order valence-corrected chi connectivity index (χ3v) is 7.21. The lowest BCUT2D eigenvalue weighted by Gasteiger charge is -2.40. The van der Waals surface area contributed by atoms with Crippen LogP contribution in [-0.2, 0) is 17.9 Å². The minimum Gasteiger partial charge on any atom is -0.497 e. The Kier molecular flexibility index (Phi) is 5.54. The minimum absolute atomic E-state index is 0.0627. The van der Waals surface area contributed by atoms with Gasteiger partial charge in [0.15, 0.2) is 0 Å². The lowest BCUT2D eigenvalue weighted by atomic mass is 9.86. The van der Waals surface area contributed by atoms with Crippen molar-refractivity contribution >= 4 is 22.7 Å². The highest BCUT2D eigenvalue weighted by Crippen LogP contribution is 2.37.